The van der Waals surface area contributed by atoms with Crippen molar-refractivity contribution >= 4 is 11.7 Å². The Balaban J connectivity index is 1.48. The highest BCUT2D eigenvalue weighted by atomic mass is 16.6. The molecule has 3 rings (SSSR count). The van der Waals surface area contributed by atoms with Gasteiger partial charge in [-0.1, -0.05) is 37.3 Å². The van der Waals surface area contributed by atoms with Gasteiger partial charge in [0.15, 0.2) is 17.3 Å². The summed E-state index contributed by atoms with van der Waals surface area (Å²) in [6, 6.07) is 15.3. The number of hydrogen-bond donors (Lipinski definition) is 1. The summed E-state index contributed by atoms with van der Waals surface area (Å²) in [6.45, 7) is 3.68. The Morgan fingerprint density at radius 1 is 1.00 bits per heavy atom. The maximum Gasteiger partial charge on any atom is 0.220 e. The van der Waals surface area contributed by atoms with Crippen molar-refractivity contribution in [1.82, 2.24) is 5.32 Å². The molecule has 1 N–H and O–H groups in total. The molecule has 0 saturated carbocycles. The molecule has 0 bridgehead atoms. The first-order valence-electron chi connectivity index (χ1n) is 9.42. The van der Waals surface area contributed by atoms with E-state index in [0.717, 1.165) is 6.42 Å². The monoisotopic (exact) mass is 367 g/mol. The lowest BCUT2D eigenvalue weighted by molar-refractivity contribution is -0.121. The van der Waals surface area contributed by atoms with Crippen molar-refractivity contribution in [2.24, 2.45) is 0 Å². The lowest BCUT2D eigenvalue weighted by atomic mass is 9.96. The molecule has 1 aliphatic heterocycles. The van der Waals surface area contributed by atoms with E-state index in [1.807, 2.05) is 18.2 Å². The molecule has 5 nitrogen and oxygen atoms in total. The molecule has 0 spiro atoms. The van der Waals surface area contributed by atoms with Crippen LogP contribution in [0.2, 0.25) is 0 Å². The molecule has 142 valence electrons. The van der Waals surface area contributed by atoms with Gasteiger partial charge in [0.25, 0.3) is 0 Å². The molecule has 1 atom stereocenters. The normalized spacial score (nSPS) is 13.7. The molecule has 0 saturated heterocycles. The fourth-order valence-corrected chi connectivity index (χ4v) is 3.14. The van der Waals surface area contributed by atoms with Gasteiger partial charge in [0.05, 0.1) is 0 Å². The molecule has 1 unspecified atom stereocenters. The summed E-state index contributed by atoms with van der Waals surface area (Å²) >= 11 is 0. The van der Waals surface area contributed by atoms with Gasteiger partial charge in [0.1, 0.15) is 13.2 Å². The molecular formula is C22H25NO4. The maximum atomic E-state index is 12.4. The number of rotatable bonds is 8. The second-order valence-corrected chi connectivity index (χ2v) is 6.60. The molecule has 0 aromatic heterocycles. The Morgan fingerprint density at radius 3 is 2.48 bits per heavy atom. The van der Waals surface area contributed by atoms with Gasteiger partial charge in [-0.25, -0.2) is 0 Å². The summed E-state index contributed by atoms with van der Waals surface area (Å²) in [4.78, 5) is 24.5. The standard InChI is InChI=1S/C22H25NO4/c1-2-16(17-6-4-3-5-7-17)15-23-22(25)11-9-19(24)18-8-10-20-21(14-18)27-13-12-26-20/h3-8,10,14,16H,2,9,11-13,15H2,1H3,(H,23,25). The fourth-order valence-electron chi connectivity index (χ4n) is 3.14. The van der Waals surface area contributed by atoms with Crippen LogP contribution in [0.4, 0.5) is 0 Å². The Bertz CT molecular complexity index is 788. The number of ether oxygens (including phenoxy) is 2. The lowest BCUT2D eigenvalue weighted by Gasteiger charge is -2.18. The number of amides is 1. The molecule has 2 aromatic rings. The first-order valence-corrected chi connectivity index (χ1v) is 9.42. The molecule has 2 aromatic carbocycles. The molecule has 1 amide bonds. The smallest absolute Gasteiger partial charge is 0.220 e. The molecular weight excluding hydrogens is 342 g/mol. The topological polar surface area (TPSA) is 64.6 Å². The summed E-state index contributed by atoms with van der Waals surface area (Å²) in [6.07, 6.45) is 1.30. The second kappa shape index (κ2) is 9.21. The minimum Gasteiger partial charge on any atom is -0.486 e. The third-order valence-electron chi connectivity index (χ3n) is 4.75. The van der Waals surface area contributed by atoms with Crippen molar-refractivity contribution < 1.29 is 19.1 Å². The van der Waals surface area contributed by atoms with Crippen LogP contribution in [0.15, 0.2) is 48.5 Å². The summed E-state index contributed by atoms with van der Waals surface area (Å²) in [5.74, 6) is 1.35. The van der Waals surface area contributed by atoms with Crippen LogP contribution in [0, 0.1) is 0 Å². The third kappa shape index (κ3) is 5.09. The van der Waals surface area contributed by atoms with Gasteiger partial charge in [0, 0.05) is 30.9 Å². The molecule has 0 fully saturated rings. The van der Waals surface area contributed by atoms with Crippen LogP contribution in [0.1, 0.15) is 48.0 Å². The van der Waals surface area contributed by atoms with E-state index < -0.39 is 0 Å². The highest BCUT2D eigenvalue weighted by Gasteiger charge is 2.16. The zero-order chi connectivity index (χ0) is 19.1. The maximum absolute atomic E-state index is 12.4. The Labute approximate surface area is 159 Å². The first kappa shape index (κ1) is 19.0. The van der Waals surface area contributed by atoms with Crippen molar-refractivity contribution in [3.05, 3.63) is 59.7 Å². The van der Waals surface area contributed by atoms with Gasteiger partial charge in [-0.15, -0.1) is 0 Å². The van der Waals surface area contributed by atoms with Gasteiger partial charge in [-0.2, -0.15) is 0 Å². The summed E-state index contributed by atoms with van der Waals surface area (Å²) < 4.78 is 11.0. The number of hydrogen-bond acceptors (Lipinski definition) is 4. The lowest BCUT2D eigenvalue weighted by Crippen LogP contribution is -2.28. The van der Waals surface area contributed by atoms with Crippen molar-refractivity contribution in [2.45, 2.75) is 32.1 Å². The average molecular weight is 367 g/mol. The van der Waals surface area contributed by atoms with Crippen LogP contribution < -0.4 is 14.8 Å². The van der Waals surface area contributed by atoms with Crippen molar-refractivity contribution in [1.29, 1.82) is 0 Å². The van der Waals surface area contributed by atoms with E-state index in [9.17, 15) is 9.59 Å². The zero-order valence-corrected chi connectivity index (χ0v) is 15.6. The van der Waals surface area contributed by atoms with E-state index >= 15 is 0 Å². The Hall–Kier alpha value is -2.82. The number of Topliss-reactive ketones (excluding diaryl/α,β-unsaturated/α-hetero) is 1. The van der Waals surface area contributed by atoms with Crippen molar-refractivity contribution in [2.75, 3.05) is 19.8 Å². The van der Waals surface area contributed by atoms with E-state index in [0.29, 0.717) is 36.8 Å². The Kier molecular flexibility index (Phi) is 6.47. The van der Waals surface area contributed by atoms with Gasteiger partial charge >= 0.3 is 0 Å². The van der Waals surface area contributed by atoms with Crippen LogP contribution in [-0.4, -0.2) is 31.4 Å². The number of benzene rings is 2. The summed E-state index contributed by atoms with van der Waals surface area (Å²) in [7, 11) is 0. The second-order valence-electron chi connectivity index (χ2n) is 6.60. The minimum atomic E-state index is -0.102. The largest absolute Gasteiger partial charge is 0.486 e. The fraction of sp³-hybridized carbons (Fsp3) is 0.364. The summed E-state index contributed by atoms with van der Waals surface area (Å²) in [5.41, 5.74) is 1.76. The highest BCUT2D eigenvalue weighted by Crippen LogP contribution is 2.31. The molecule has 5 heteroatoms. The van der Waals surface area contributed by atoms with E-state index in [2.05, 4.69) is 24.4 Å². The third-order valence-corrected chi connectivity index (χ3v) is 4.75. The van der Waals surface area contributed by atoms with Crippen molar-refractivity contribution in [3.8, 4) is 11.5 Å². The van der Waals surface area contributed by atoms with Gasteiger partial charge < -0.3 is 14.8 Å². The van der Waals surface area contributed by atoms with Crippen LogP contribution in [0.3, 0.4) is 0 Å². The predicted octanol–water partition coefficient (Wildman–Crippen LogP) is 3.73. The predicted molar refractivity (Wildman–Crippen MR) is 103 cm³/mol. The van der Waals surface area contributed by atoms with E-state index in [4.69, 9.17) is 9.47 Å². The number of nitrogens with one attached hydrogen (secondary N) is 1. The molecule has 0 radical (unpaired) electrons. The average Bonchev–Trinajstić information content (AvgIpc) is 2.73. The number of ketones is 1. The van der Waals surface area contributed by atoms with Gasteiger partial charge in [-0.05, 0) is 30.2 Å². The molecule has 0 aliphatic carbocycles. The first-order chi connectivity index (χ1) is 13.2. The Morgan fingerprint density at radius 2 is 1.74 bits per heavy atom. The van der Waals surface area contributed by atoms with E-state index in [-0.39, 0.29) is 30.4 Å². The zero-order valence-electron chi connectivity index (χ0n) is 15.6. The quantitative estimate of drug-likeness (QED) is 0.722. The van der Waals surface area contributed by atoms with E-state index in [1.54, 1.807) is 18.2 Å². The van der Waals surface area contributed by atoms with Gasteiger partial charge in [0.2, 0.25) is 5.91 Å². The van der Waals surface area contributed by atoms with E-state index in [1.165, 1.54) is 5.56 Å². The number of carbonyl (C=O) groups is 2. The van der Waals surface area contributed by atoms with Crippen LogP contribution in [0.25, 0.3) is 0 Å². The highest BCUT2D eigenvalue weighted by molar-refractivity contribution is 5.98. The van der Waals surface area contributed by atoms with Crippen LogP contribution in [0.5, 0.6) is 11.5 Å². The minimum absolute atomic E-state index is 0.0720. The van der Waals surface area contributed by atoms with Crippen LogP contribution >= 0.6 is 0 Å². The summed E-state index contributed by atoms with van der Waals surface area (Å²) in [5, 5.41) is 2.95. The van der Waals surface area contributed by atoms with Gasteiger partial charge in [-0.3, -0.25) is 9.59 Å². The molecule has 1 heterocycles. The van der Waals surface area contributed by atoms with Crippen LogP contribution in [-0.2, 0) is 4.79 Å². The molecule has 1 aliphatic rings. The molecule has 27 heavy (non-hydrogen) atoms. The number of fused-ring (bicyclic) bond motifs is 1. The SMILES string of the molecule is CCC(CNC(=O)CCC(=O)c1ccc2c(c1)OCCO2)c1ccccc1. The number of carbonyl (C=O) groups excluding carboxylic acids is 2. The van der Waals surface area contributed by atoms with Crippen molar-refractivity contribution in [3.63, 3.8) is 0 Å².